The van der Waals surface area contributed by atoms with Crippen LogP contribution in [0.3, 0.4) is 0 Å². The molecule has 0 aromatic carbocycles. The summed E-state index contributed by atoms with van der Waals surface area (Å²) in [6, 6.07) is 0. The molecule has 0 fully saturated rings. The molecule has 0 radical (unpaired) electrons. The third-order valence-corrected chi connectivity index (χ3v) is 2.62. The number of hydrogen-bond donors (Lipinski definition) is 2. The Morgan fingerprint density at radius 3 is 2.71 bits per heavy atom. The summed E-state index contributed by atoms with van der Waals surface area (Å²) in [5, 5.41) is 12.2. The van der Waals surface area contributed by atoms with Crippen molar-refractivity contribution >= 4 is 5.95 Å². The molecule has 0 aliphatic carbocycles. The van der Waals surface area contributed by atoms with Crippen LogP contribution in [0, 0.1) is 0 Å². The molecule has 1 aromatic rings. The second-order valence-corrected chi connectivity index (χ2v) is 4.85. The standard InChI is InChI=1S/C12H22N4O/c1-4-5-6-7-12(2,3)16-11-14-9-13-10(8-17)15-11/h9,17H,4-8H2,1-3H3,(H,13,14,15,16). The summed E-state index contributed by atoms with van der Waals surface area (Å²) in [5.74, 6) is 0.928. The van der Waals surface area contributed by atoms with Gasteiger partial charge in [0.1, 0.15) is 12.9 Å². The summed E-state index contributed by atoms with van der Waals surface area (Å²) < 4.78 is 0. The smallest absolute Gasteiger partial charge is 0.226 e. The molecule has 0 unspecified atom stereocenters. The van der Waals surface area contributed by atoms with Crippen LogP contribution in [-0.4, -0.2) is 25.6 Å². The highest BCUT2D eigenvalue weighted by Gasteiger charge is 2.18. The first-order valence-corrected chi connectivity index (χ1v) is 6.14. The Morgan fingerprint density at radius 2 is 2.06 bits per heavy atom. The van der Waals surface area contributed by atoms with Gasteiger partial charge in [0.15, 0.2) is 5.82 Å². The Hall–Kier alpha value is -1.23. The fourth-order valence-electron chi connectivity index (χ4n) is 1.65. The van der Waals surface area contributed by atoms with E-state index in [1.807, 2.05) is 0 Å². The molecule has 1 aromatic heterocycles. The average molecular weight is 238 g/mol. The van der Waals surface area contributed by atoms with Crippen molar-refractivity contribution in [1.29, 1.82) is 0 Å². The minimum absolute atomic E-state index is 0.0384. The van der Waals surface area contributed by atoms with Crippen molar-refractivity contribution in [3.8, 4) is 0 Å². The Balaban J connectivity index is 2.55. The maximum absolute atomic E-state index is 8.95. The molecule has 0 amide bonds. The lowest BCUT2D eigenvalue weighted by Gasteiger charge is -2.26. The number of aromatic nitrogens is 3. The van der Waals surface area contributed by atoms with Crippen LogP contribution in [-0.2, 0) is 6.61 Å². The lowest BCUT2D eigenvalue weighted by atomic mass is 9.97. The largest absolute Gasteiger partial charge is 0.388 e. The first-order valence-electron chi connectivity index (χ1n) is 6.14. The molecule has 0 spiro atoms. The van der Waals surface area contributed by atoms with Crippen LogP contribution in [0.1, 0.15) is 52.3 Å². The van der Waals surface area contributed by atoms with E-state index in [1.165, 1.54) is 25.6 Å². The maximum atomic E-state index is 8.95. The summed E-state index contributed by atoms with van der Waals surface area (Å²) in [4.78, 5) is 12.0. The van der Waals surface area contributed by atoms with Gasteiger partial charge in [0.2, 0.25) is 5.95 Å². The van der Waals surface area contributed by atoms with Gasteiger partial charge in [-0.3, -0.25) is 0 Å². The average Bonchev–Trinajstić information content (AvgIpc) is 2.29. The van der Waals surface area contributed by atoms with E-state index in [-0.39, 0.29) is 12.1 Å². The van der Waals surface area contributed by atoms with E-state index in [9.17, 15) is 0 Å². The highest BCUT2D eigenvalue weighted by atomic mass is 16.3. The minimum Gasteiger partial charge on any atom is -0.388 e. The third-order valence-electron chi connectivity index (χ3n) is 2.62. The van der Waals surface area contributed by atoms with Crippen LogP contribution >= 0.6 is 0 Å². The van der Waals surface area contributed by atoms with Crippen LogP contribution in [0.5, 0.6) is 0 Å². The van der Waals surface area contributed by atoms with Crippen molar-refractivity contribution in [3.63, 3.8) is 0 Å². The van der Waals surface area contributed by atoms with Crippen LogP contribution in [0.2, 0.25) is 0 Å². The zero-order valence-corrected chi connectivity index (χ0v) is 10.9. The Kier molecular flexibility index (Phi) is 5.28. The first kappa shape index (κ1) is 13.8. The second-order valence-electron chi connectivity index (χ2n) is 4.85. The van der Waals surface area contributed by atoms with E-state index in [4.69, 9.17) is 5.11 Å². The summed E-state index contributed by atoms with van der Waals surface area (Å²) in [6.07, 6.45) is 6.14. The number of unbranched alkanes of at least 4 members (excludes halogenated alkanes) is 2. The second kappa shape index (κ2) is 6.49. The van der Waals surface area contributed by atoms with Gasteiger partial charge in [-0.25, -0.2) is 9.97 Å². The van der Waals surface area contributed by atoms with Gasteiger partial charge in [-0.15, -0.1) is 0 Å². The normalized spacial score (nSPS) is 11.5. The zero-order valence-electron chi connectivity index (χ0n) is 10.9. The maximum Gasteiger partial charge on any atom is 0.226 e. The van der Waals surface area contributed by atoms with Crippen molar-refractivity contribution in [3.05, 3.63) is 12.2 Å². The lowest BCUT2D eigenvalue weighted by molar-refractivity contribution is 0.271. The van der Waals surface area contributed by atoms with Crippen molar-refractivity contribution in [2.45, 2.75) is 58.6 Å². The molecular formula is C12H22N4O. The van der Waals surface area contributed by atoms with Crippen molar-refractivity contribution < 1.29 is 5.11 Å². The van der Waals surface area contributed by atoms with Gasteiger partial charge in [-0.05, 0) is 20.3 Å². The molecule has 0 saturated heterocycles. The molecule has 0 saturated carbocycles. The van der Waals surface area contributed by atoms with E-state index in [1.54, 1.807) is 0 Å². The molecular weight excluding hydrogens is 216 g/mol. The SMILES string of the molecule is CCCCCC(C)(C)Nc1ncnc(CO)n1. The van der Waals surface area contributed by atoms with Gasteiger partial charge < -0.3 is 10.4 Å². The number of nitrogens with zero attached hydrogens (tertiary/aromatic N) is 3. The van der Waals surface area contributed by atoms with Crippen LogP contribution < -0.4 is 5.32 Å². The van der Waals surface area contributed by atoms with E-state index in [0.29, 0.717) is 11.8 Å². The third kappa shape index (κ3) is 5.08. The number of aliphatic hydroxyl groups is 1. The first-order chi connectivity index (χ1) is 8.07. The fourth-order valence-corrected chi connectivity index (χ4v) is 1.65. The topological polar surface area (TPSA) is 70.9 Å². The monoisotopic (exact) mass is 238 g/mol. The summed E-state index contributed by atoms with van der Waals surface area (Å²) in [7, 11) is 0. The summed E-state index contributed by atoms with van der Waals surface area (Å²) in [6.45, 7) is 6.30. The van der Waals surface area contributed by atoms with Gasteiger partial charge in [0.05, 0.1) is 0 Å². The Bertz CT molecular complexity index is 341. The molecule has 0 aliphatic rings. The number of aliphatic hydroxyl groups excluding tert-OH is 1. The molecule has 96 valence electrons. The van der Waals surface area contributed by atoms with Gasteiger partial charge in [-0.1, -0.05) is 26.2 Å². The molecule has 0 bridgehead atoms. The highest BCUT2D eigenvalue weighted by molar-refractivity contribution is 5.26. The van der Waals surface area contributed by atoms with Crippen molar-refractivity contribution in [2.75, 3.05) is 5.32 Å². The van der Waals surface area contributed by atoms with Gasteiger partial charge in [-0.2, -0.15) is 4.98 Å². The molecule has 0 atom stereocenters. The van der Waals surface area contributed by atoms with E-state index in [2.05, 4.69) is 41.0 Å². The molecule has 17 heavy (non-hydrogen) atoms. The minimum atomic E-state index is -0.159. The van der Waals surface area contributed by atoms with Crippen LogP contribution in [0.15, 0.2) is 6.33 Å². The van der Waals surface area contributed by atoms with E-state index in [0.717, 1.165) is 6.42 Å². The van der Waals surface area contributed by atoms with Crippen LogP contribution in [0.25, 0.3) is 0 Å². The Labute approximate surface area is 103 Å². The van der Waals surface area contributed by atoms with Gasteiger partial charge in [0.25, 0.3) is 0 Å². The van der Waals surface area contributed by atoms with E-state index < -0.39 is 0 Å². The predicted octanol–water partition coefficient (Wildman–Crippen LogP) is 2.13. The number of anilines is 1. The van der Waals surface area contributed by atoms with Gasteiger partial charge >= 0.3 is 0 Å². The highest BCUT2D eigenvalue weighted by Crippen LogP contribution is 2.18. The number of nitrogens with one attached hydrogen (secondary N) is 1. The molecule has 2 N–H and O–H groups in total. The Morgan fingerprint density at radius 1 is 1.29 bits per heavy atom. The lowest BCUT2D eigenvalue weighted by Crippen LogP contribution is -2.31. The van der Waals surface area contributed by atoms with Crippen LogP contribution in [0.4, 0.5) is 5.95 Å². The molecule has 1 rings (SSSR count). The number of hydrogen-bond acceptors (Lipinski definition) is 5. The summed E-state index contributed by atoms with van der Waals surface area (Å²) in [5.41, 5.74) is -0.0384. The fraction of sp³-hybridized carbons (Fsp3) is 0.750. The number of rotatable bonds is 7. The quantitative estimate of drug-likeness (QED) is 0.712. The van der Waals surface area contributed by atoms with Gasteiger partial charge in [0, 0.05) is 5.54 Å². The zero-order chi connectivity index (χ0) is 12.7. The van der Waals surface area contributed by atoms with E-state index >= 15 is 0 Å². The molecule has 5 heteroatoms. The molecule has 5 nitrogen and oxygen atoms in total. The molecule has 0 aliphatic heterocycles. The predicted molar refractivity (Wildman–Crippen MR) is 67.6 cm³/mol. The molecule has 1 heterocycles. The summed E-state index contributed by atoms with van der Waals surface area (Å²) >= 11 is 0. The van der Waals surface area contributed by atoms with Crippen molar-refractivity contribution in [2.24, 2.45) is 0 Å². The van der Waals surface area contributed by atoms with Crippen molar-refractivity contribution in [1.82, 2.24) is 15.0 Å².